The van der Waals surface area contributed by atoms with E-state index < -0.39 is 30.6 Å². The molecule has 6 saturated heterocycles. The van der Waals surface area contributed by atoms with Crippen LogP contribution in [0.1, 0.15) is 77.0 Å². The molecule has 6 heterocycles. The summed E-state index contributed by atoms with van der Waals surface area (Å²) in [6.07, 6.45) is 12.6. The van der Waals surface area contributed by atoms with Gasteiger partial charge in [-0.2, -0.15) is 51.1 Å². The van der Waals surface area contributed by atoms with Crippen LogP contribution in [0.2, 0.25) is 0 Å². The van der Waals surface area contributed by atoms with E-state index in [2.05, 4.69) is 0 Å². The van der Waals surface area contributed by atoms with Crippen LogP contribution in [0.15, 0.2) is 0 Å². The van der Waals surface area contributed by atoms with Crippen molar-refractivity contribution in [3.8, 4) is 0 Å². The van der Waals surface area contributed by atoms with Crippen LogP contribution in [0.5, 0.6) is 0 Å². The molecule has 0 aromatic carbocycles. The zero-order valence-electron chi connectivity index (χ0n) is 23.3. The smallest absolute Gasteiger partial charge is 0.195 e. The molecule has 0 saturated carbocycles. The highest BCUT2D eigenvalue weighted by Gasteiger charge is 2.36. The average Bonchev–Trinajstić information content (AvgIpc) is 3.59. The number of hydrogen-bond acceptors (Lipinski definition) is 6. The summed E-state index contributed by atoms with van der Waals surface area (Å²) in [6, 6.07) is 0. The molecule has 39 heavy (non-hydrogen) atoms. The van der Waals surface area contributed by atoms with Crippen LogP contribution in [-0.4, -0.2) is 130 Å². The number of piperidine rings is 2. The molecular formula is C24H48N6O6S3. The monoisotopic (exact) mass is 612 g/mol. The summed E-state index contributed by atoms with van der Waals surface area (Å²) < 4.78 is 80.7. The van der Waals surface area contributed by atoms with Gasteiger partial charge in [-0.15, -0.1) is 0 Å². The molecule has 0 aromatic rings. The Morgan fingerprint density at radius 1 is 0.231 bits per heavy atom. The van der Waals surface area contributed by atoms with Gasteiger partial charge < -0.3 is 0 Å². The highest BCUT2D eigenvalue weighted by atomic mass is 32.2. The first-order chi connectivity index (χ1) is 18.6. The maximum atomic E-state index is 12.2. The zero-order valence-corrected chi connectivity index (χ0v) is 25.8. The topological polar surface area (TPSA) is 122 Å². The third kappa shape index (κ3) is 7.92. The van der Waals surface area contributed by atoms with Crippen molar-refractivity contribution in [1.82, 2.24) is 25.8 Å². The molecule has 15 heteroatoms. The van der Waals surface area contributed by atoms with Crippen LogP contribution in [0.4, 0.5) is 0 Å². The fourth-order valence-corrected chi connectivity index (χ4v) is 10.9. The largest absolute Gasteiger partial charge is 0.281 e. The maximum absolute atomic E-state index is 12.2. The first-order valence-electron chi connectivity index (χ1n) is 14.9. The summed E-state index contributed by atoms with van der Waals surface area (Å²) in [5, 5.41) is 0. The predicted octanol–water partition coefficient (Wildman–Crippen LogP) is 1.27. The van der Waals surface area contributed by atoms with E-state index in [1.54, 1.807) is 25.8 Å². The van der Waals surface area contributed by atoms with Crippen LogP contribution in [0.25, 0.3) is 0 Å². The minimum absolute atomic E-state index is 0.721. The molecule has 0 spiro atoms. The van der Waals surface area contributed by atoms with E-state index in [0.29, 0.717) is 0 Å². The Balaban J connectivity index is 0.000000137. The fourth-order valence-electron chi connectivity index (χ4n) is 5.55. The zero-order chi connectivity index (χ0) is 27.9. The summed E-state index contributed by atoms with van der Waals surface area (Å²) in [7, 11) is -9.19. The molecular weight excluding hydrogens is 565 g/mol. The third-order valence-corrected chi connectivity index (χ3v) is 14.5. The molecule has 0 unspecified atom stereocenters. The molecule has 0 aromatic heterocycles. The molecule has 6 aliphatic heterocycles. The standard InChI is InChI=1S/C10H20N2O2S.C8H16N2O2S.C6H12N2O2S/c13-15(14,11-7-3-1-4-8-11)12-9-5-2-6-10-12;11-13(12,9-5-1-2-6-9)10-7-3-4-8-10;9-11(10,7-3-1-4-7)8-5-2-6-8/h1-10H2;1-8H2;1-6H2. The molecule has 6 rings (SSSR count). The molecule has 0 atom stereocenters. The Labute approximate surface area is 236 Å². The molecule has 0 amide bonds. The van der Waals surface area contributed by atoms with Crippen LogP contribution in [0.3, 0.4) is 0 Å². The van der Waals surface area contributed by atoms with E-state index >= 15 is 0 Å². The van der Waals surface area contributed by atoms with Gasteiger partial charge in [0.2, 0.25) is 0 Å². The molecule has 6 aliphatic rings. The number of rotatable bonds is 6. The second-order valence-electron chi connectivity index (χ2n) is 11.2. The highest BCUT2D eigenvalue weighted by Crippen LogP contribution is 2.22. The minimum atomic E-state index is -3.12. The van der Waals surface area contributed by atoms with E-state index in [9.17, 15) is 25.3 Å². The van der Waals surface area contributed by atoms with Crippen molar-refractivity contribution < 1.29 is 25.3 Å². The van der Waals surface area contributed by atoms with Crippen molar-refractivity contribution in [3.05, 3.63) is 0 Å². The molecule has 228 valence electrons. The van der Waals surface area contributed by atoms with Gasteiger partial charge in [0.05, 0.1) is 0 Å². The van der Waals surface area contributed by atoms with E-state index in [-0.39, 0.29) is 0 Å². The Bertz CT molecular complexity index is 1010. The van der Waals surface area contributed by atoms with E-state index in [4.69, 9.17) is 0 Å². The maximum Gasteiger partial charge on any atom is 0.281 e. The quantitative estimate of drug-likeness (QED) is 0.445. The predicted molar refractivity (Wildman–Crippen MR) is 152 cm³/mol. The van der Waals surface area contributed by atoms with Crippen molar-refractivity contribution >= 4 is 30.6 Å². The van der Waals surface area contributed by atoms with Gasteiger partial charge in [-0.3, -0.25) is 0 Å². The summed E-state index contributed by atoms with van der Waals surface area (Å²) in [4.78, 5) is 0. The Kier molecular flexibility index (Phi) is 11.5. The van der Waals surface area contributed by atoms with Crippen molar-refractivity contribution in [2.45, 2.75) is 77.0 Å². The summed E-state index contributed by atoms with van der Waals surface area (Å²) in [5.41, 5.74) is 0. The van der Waals surface area contributed by atoms with Crippen molar-refractivity contribution in [1.29, 1.82) is 0 Å². The number of hydrogen-bond donors (Lipinski definition) is 0. The lowest BCUT2D eigenvalue weighted by molar-refractivity contribution is 0.238. The van der Waals surface area contributed by atoms with Crippen molar-refractivity contribution in [2.75, 3.05) is 78.5 Å². The molecule has 0 N–H and O–H groups in total. The van der Waals surface area contributed by atoms with Crippen molar-refractivity contribution in [2.24, 2.45) is 0 Å². The lowest BCUT2D eigenvalue weighted by Crippen LogP contribution is -2.54. The normalized spacial score (nSPS) is 27.1. The van der Waals surface area contributed by atoms with Crippen LogP contribution >= 0.6 is 0 Å². The molecule has 12 nitrogen and oxygen atoms in total. The molecule has 0 aliphatic carbocycles. The van der Waals surface area contributed by atoms with E-state index in [1.165, 1.54) is 12.8 Å². The van der Waals surface area contributed by atoms with Crippen LogP contribution in [-0.2, 0) is 30.6 Å². The first kappa shape index (κ1) is 31.5. The SMILES string of the molecule is O=S(=O)(N1CCC1)N1CCC1.O=S(=O)(N1CCCC1)N1CCCC1.O=S(=O)(N1CCCCC1)N1CCCCC1. The van der Waals surface area contributed by atoms with Gasteiger partial charge in [-0.25, -0.2) is 0 Å². The Morgan fingerprint density at radius 3 is 0.538 bits per heavy atom. The van der Waals surface area contributed by atoms with E-state index in [0.717, 1.165) is 143 Å². The Morgan fingerprint density at radius 2 is 0.385 bits per heavy atom. The van der Waals surface area contributed by atoms with Crippen LogP contribution < -0.4 is 0 Å². The van der Waals surface area contributed by atoms with Crippen LogP contribution in [0, 0.1) is 0 Å². The summed E-state index contributed by atoms with van der Waals surface area (Å²) >= 11 is 0. The minimum Gasteiger partial charge on any atom is -0.195 e. The highest BCUT2D eigenvalue weighted by molar-refractivity contribution is 7.87. The molecule has 6 fully saturated rings. The van der Waals surface area contributed by atoms with Gasteiger partial charge >= 0.3 is 0 Å². The van der Waals surface area contributed by atoms with Gasteiger partial charge in [0.25, 0.3) is 30.6 Å². The summed E-state index contributed by atoms with van der Waals surface area (Å²) in [6.45, 7) is 8.65. The summed E-state index contributed by atoms with van der Waals surface area (Å²) in [5.74, 6) is 0. The van der Waals surface area contributed by atoms with Gasteiger partial charge in [0.15, 0.2) is 0 Å². The van der Waals surface area contributed by atoms with E-state index in [1.807, 2.05) is 0 Å². The van der Waals surface area contributed by atoms with Gasteiger partial charge in [-0.1, -0.05) is 12.8 Å². The second kappa shape index (κ2) is 14.2. The van der Waals surface area contributed by atoms with Gasteiger partial charge in [-0.05, 0) is 64.2 Å². The van der Waals surface area contributed by atoms with Crippen molar-refractivity contribution in [3.63, 3.8) is 0 Å². The third-order valence-electron chi connectivity index (χ3n) is 8.35. The first-order valence-corrected chi connectivity index (χ1v) is 19.1. The fraction of sp³-hybridized carbons (Fsp3) is 1.00. The van der Waals surface area contributed by atoms with Gasteiger partial charge in [0.1, 0.15) is 0 Å². The Hall–Kier alpha value is -0.390. The molecule has 0 radical (unpaired) electrons. The second-order valence-corrected chi connectivity index (χ2v) is 16.9. The van der Waals surface area contributed by atoms with Gasteiger partial charge in [0, 0.05) is 78.5 Å². The lowest BCUT2D eigenvalue weighted by atomic mass is 10.2. The lowest BCUT2D eigenvalue weighted by Gasteiger charge is -2.38. The number of nitrogens with zero attached hydrogens (tertiary/aromatic N) is 6. The average molecular weight is 613 g/mol. The molecule has 0 bridgehead atoms.